The first kappa shape index (κ1) is 22.5. The van der Waals surface area contributed by atoms with Gasteiger partial charge < -0.3 is 19.7 Å². The molecule has 2 bridgehead atoms. The molecule has 180 valence electrons. The van der Waals surface area contributed by atoms with Crippen LogP contribution in [0.2, 0.25) is 5.02 Å². The van der Waals surface area contributed by atoms with Crippen molar-refractivity contribution in [2.75, 3.05) is 39.5 Å². The topological polar surface area (TPSA) is 50.8 Å². The van der Waals surface area contributed by atoms with Crippen LogP contribution in [0.1, 0.15) is 60.3 Å². The zero-order valence-corrected chi connectivity index (χ0v) is 20.4. The van der Waals surface area contributed by atoms with Gasteiger partial charge in [-0.2, -0.15) is 0 Å². The summed E-state index contributed by atoms with van der Waals surface area (Å²) in [6.45, 7) is 4.45. The van der Waals surface area contributed by atoms with Crippen molar-refractivity contribution in [3.8, 4) is 0 Å². The van der Waals surface area contributed by atoms with E-state index in [0.29, 0.717) is 12.5 Å². The number of benzene rings is 2. The second kappa shape index (κ2) is 9.27. The fourth-order valence-corrected chi connectivity index (χ4v) is 6.94. The lowest BCUT2D eigenvalue weighted by atomic mass is 9.74. The molecule has 2 aliphatic heterocycles. The number of nitrogens with one attached hydrogen (secondary N) is 1. The van der Waals surface area contributed by atoms with Gasteiger partial charge in [-0.15, -0.1) is 0 Å². The number of piperidine rings is 1. The minimum atomic E-state index is -0.0121. The van der Waals surface area contributed by atoms with Gasteiger partial charge in [0.2, 0.25) is 5.91 Å². The van der Waals surface area contributed by atoms with Gasteiger partial charge in [0.15, 0.2) is 0 Å². The number of rotatable bonds is 7. The third-order valence-electron chi connectivity index (χ3n) is 8.32. The van der Waals surface area contributed by atoms with Crippen molar-refractivity contribution in [2.45, 2.75) is 55.6 Å². The zero-order chi connectivity index (χ0) is 23.1. The fourth-order valence-electron chi connectivity index (χ4n) is 6.76. The average Bonchev–Trinajstić information content (AvgIpc) is 3.55. The summed E-state index contributed by atoms with van der Waals surface area (Å²) in [7, 11) is 0. The zero-order valence-electron chi connectivity index (χ0n) is 19.6. The molecule has 5 nitrogen and oxygen atoms in total. The predicted octanol–water partition coefficient (Wildman–Crippen LogP) is 4.25. The van der Waals surface area contributed by atoms with Crippen LogP contribution in [0.3, 0.4) is 0 Å². The average molecular weight is 481 g/mol. The maximum Gasteiger partial charge on any atom is 0.246 e. The highest BCUT2D eigenvalue weighted by molar-refractivity contribution is 6.30. The molecule has 2 saturated heterocycles. The second-order valence-electron chi connectivity index (χ2n) is 10.4. The van der Waals surface area contributed by atoms with Crippen LogP contribution in [0.5, 0.6) is 0 Å². The van der Waals surface area contributed by atoms with Gasteiger partial charge >= 0.3 is 0 Å². The van der Waals surface area contributed by atoms with Crippen LogP contribution >= 0.6 is 11.6 Å². The lowest BCUT2D eigenvalue weighted by Gasteiger charge is -2.40. The van der Waals surface area contributed by atoms with E-state index in [0.717, 1.165) is 63.4 Å². The first-order chi connectivity index (χ1) is 16.6. The molecule has 0 aromatic heterocycles. The highest BCUT2D eigenvalue weighted by atomic mass is 35.5. The number of carbonyl (C=O) groups excluding carboxylic acids is 1. The monoisotopic (exact) mass is 480 g/mol. The molecule has 2 heterocycles. The van der Waals surface area contributed by atoms with Crippen LogP contribution in [-0.2, 0) is 19.7 Å². The van der Waals surface area contributed by atoms with E-state index < -0.39 is 0 Å². The molecule has 3 unspecified atom stereocenters. The molecule has 2 fully saturated rings. The van der Waals surface area contributed by atoms with E-state index in [9.17, 15) is 4.79 Å². The number of halogens is 1. The summed E-state index contributed by atoms with van der Waals surface area (Å²) in [6, 6.07) is 15.7. The molecular formula is C28H33ClN2O3. The normalized spacial score (nSPS) is 28.1. The Balaban J connectivity index is 1.07. The first-order valence-corrected chi connectivity index (χ1v) is 13.1. The SMILES string of the molecule is O=C(COCC1CCCO1)NC1CCN(CC23CC(c4ccccc42)c2ccc(Cl)cc23)CC1. The van der Waals surface area contributed by atoms with E-state index in [1.54, 1.807) is 0 Å². The number of fused-ring (bicyclic) bond motifs is 8. The minimum Gasteiger partial charge on any atom is -0.376 e. The van der Waals surface area contributed by atoms with Crippen molar-refractivity contribution >= 4 is 17.5 Å². The Labute approximate surface area is 206 Å². The van der Waals surface area contributed by atoms with Crippen LogP contribution in [-0.4, -0.2) is 62.4 Å². The molecular weight excluding hydrogens is 448 g/mol. The summed E-state index contributed by atoms with van der Waals surface area (Å²) in [6.07, 6.45) is 5.36. The number of likely N-dealkylation sites (tertiary alicyclic amines) is 1. The number of amides is 1. The number of hydrogen-bond donors (Lipinski definition) is 1. The summed E-state index contributed by atoms with van der Waals surface area (Å²) in [5, 5.41) is 4.01. The molecule has 0 spiro atoms. The Hall–Kier alpha value is -1.92. The Morgan fingerprint density at radius 1 is 1.12 bits per heavy atom. The van der Waals surface area contributed by atoms with Gasteiger partial charge in [0, 0.05) is 48.6 Å². The quantitative estimate of drug-likeness (QED) is 0.643. The van der Waals surface area contributed by atoms with E-state index in [1.807, 2.05) is 6.07 Å². The summed E-state index contributed by atoms with van der Waals surface area (Å²) in [5.41, 5.74) is 5.86. The molecule has 3 atom stereocenters. The first-order valence-electron chi connectivity index (χ1n) is 12.7. The van der Waals surface area contributed by atoms with Gasteiger partial charge in [-0.25, -0.2) is 0 Å². The summed E-state index contributed by atoms with van der Waals surface area (Å²) >= 11 is 6.46. The van der Waals surface area contributed by atoms with Crippen molar-refractivity contribution in [1.82, 2.24) is 10.2 Å². The van der Waals surface area contributed by atoms with E-state index in [2.05, 4.69) is 46.6 Å². The number of hydrogen-bond acceptors (Lipinski definition) is 4. The summed E-state index contributed by atoms with van der Waals surface area (Å²) < 4.78 is 11.1. The molecule has 6 heteroatoms. The van der Waals surface area contributed by atoms with Crippen LogP contribution < -0.4 is 5.32 Å². The molecule has 1 N–H and O–H groups in total. The second-order valence-corrected chi connectivity index (χ2v) is 10.9. The predicted molar refractivity (Wildman–Crippen MR) is 133 cm³/mol. The van der Waals surface area contributed by atoms with Crippen LogP contribution in [0.15, 0.2) is 42.5 Å². The van der Waals surface area contributed by atoms with Gasteiger partial charge in [0.1, 0.15) is 6.61 Å². The standard InChI is InChI=1S/C28H33ClN2O3/c29-19-7-8-23-24-15-28(26(23)14-19,25-6-2-1-5-22(24)25)18-31-11-9-20(10-12-31)30-27(32)17-33-16-21-4-3-13-34-21/h1-2,5-8,14,20-21,24H,3-4,9-13,15-18H2,(H,30,32). The van der Waals surface area contributed by atoms with Gasteiger partial charge in [-0.05, 0) is 66.5 Å². The number of nitrogens with zero attached hydrogens (tertiary/aromatic N) is 1. The van der Waals surface area contributed by atoms with Gasteiger partial charge in [0.25, 0.3) is 0 Å². The largest absolute Gasteiger partial charge is 0.376 e. The number of ether oxygens (including phenoxy) is 2. The van der Waals surface area contributed by atoms with Crippen molar-refractivity contribution in [1.29, 1.82) is 0 Å². The molecule has 4 aliphatic rings. The van der Waals surface area contributed by atoms with Gasteiger partial charge in [-0.3, -0.25) is 4.79 Å². The Kier molecular flexibility index (Phi) is 6.14. The van der Waals surface area contributed by atoms with Crippen molar-refractivity contribution in [3.05, 3.63) is 69.7 Å². The Morgan fingerprint density at radius 2 is 1.94 bits per heavy atom. The maximum atomic E-state index is 12.4. The Bertz CT molecular complexity index is 1060. The van der Waals surface area contributed by atoms with Crippen molar-refractivity contribution in [2.24, 2.45) is 0 Å². The summed E-state index contributed by atoms with van der Waals surface area (Å²) in [5.74, 6) is 0.469. The van der Waals surface area contributed by atoms with E-state index in [4.69, 9.17) is 21.1 Å². The van der Waals surface area contributed by atoms with E-state index >= 15 is 0 Å². The lowest BCUT2D eigenvalue weighted by Crippen LogP contribution is -2.49. The van der Waals surface area contributed by atoms with Crippen LogP contribution in [0.25, 0.3) is 0 Å². The Morgan fingerprint density at radius 3 is 2.76 bits per heavy atom. The van der Waals surface area contributed by atoms with E-state index in [-0.39, 0.29) is 30.1 Å². The highest BCUT2D eigenvalue weighted by Gasteiger charge is 2.53. The van der Waals surface area contributed by atoms with Crippen LogP contribution in [0.4, 0.5) is 0 Å². The third kappa shape index (κ3) is 4.07. The smallest absolute Gasteiger partial charge is 0.246 e. The van der Waals surface area contributed by atoms with E-state index in [1.165, 1.54) is 22.3 Å². The van der Waals surface area contributed by atoms with Crippen molar-refractivity contribution < 1.29 is 14.3 Å². The molecule has 2 aromatic carbocycles. The molecule has 2 aliphatic carbocycles. The van der Waals surface area contributed by atoms with Crippen LogP contribution in [0, 0.1) is 0 Å². The maximum absolute atomic E-state index is 12.4. The van der Waals surface area contributed by atoms with Gasteiger partial charge in [-0.1, -0.05) is 41.9 Å². The molecule has 34 heavy (non-hydrogen) atoms. The highest BCUT2D eigenvalue weighted by Crippen LogP contribution is 2.60. The molecule has 1 amide bonds. The van der Waals surface area contributed by atoms with Crippen molar-refractivity contribution in [3.63, 3.8) is 0 Å². The van der Waals surface area contributed by atoms with Gasteiger partial charge in [0.05, 0.1) is 12.7 Å². The number of carbonyl (C=O) groups is 1. The molecule has 6 rings (SSSR count). The summed E-state index contributed by atoms with van der Waals surface area (Å²) in [4.78, 5) is 14.9. The lowest BCUT2D eigenvalue weighted by molar-refractivity contribution is -0.127. The third-order valence-corrected chi connectivity index (χ3v) is 8.55. The molecule has 0 saturated carbocycles. The fraction of sp³-hybridized carbons (Fsp3) is 0.536. The minimum absolute atomic E-state index is 0.0121. The molecule has 0 radical (unpaired) electrons. The molecule has 2 aromatic rings.